The molecule has 4 aromatic rings. The van der Waals surface area contributed by atoms with E-state index in [9.17, 15) is 13.2 Å². The molecule has 1 aromatic carbocycles. The van der Waals surface area contributed by atoms with Crippen LogP contribution in [0.2, 0.25) is 0 Å². The van der Waals surface area contributed by atoms with E-state index in [0.29, 0.717) is 41.4 Å². The zero-order valence-electron chi connectivity index (χ0n) is 19.6. The van der Waals surface area contributed by atoms with Crippen molar-refractivity contribution in [3.8, 4) is 11.8 Å². The maximum Gasteiger partial charge on any atom is 0.401 e. The van der Waals surface area contributed by atoms with Crippen molar-refractivity contribution in [1.29, 1.82) is 0 Å². The number of alkyl halides is 3. The molecule has 190 valence electrons. The SMILES string of the molecule is Cc1cc(Nc2cc(N3CCN(CC(F)(F)F)CC3)nc(Oc3ccc4[nH]c(C)cc4c3F)n2)n[nH]1. The number of aromatic amines is 2. The highest BCUT2D eigenvalue weighted by molar-refractivity contribution is 5.82. The predicted molar refractivity (Wildman–Crippen MR) is 126 cm³/mol. The number of aromatic nitrogens is 5. The first-order chi connectivity index (χ1) is 17.1. The zero-order chi connectivity index (χ0) is 25.4. The highest BCUT2D eigenvalue weighted by Gasteiger charge is 2.32. The summed E-state index contributed by atoms with van der Waals surface area (Å²) in [5.41, 5.74) is 2.28. The number of hydrogen-bond donors (Lipinski definition) is 3. The second kappa shape index (κ2) is 9.30. The van der Waals surface area contributed by atoms with Crippen molar-refractivity contribution in [3.05, 3.63) is 47.5 Å². The van der Waals surface area contributed by atoms with Gasteiger partial charge in [0.1, 0.15) is 11.6 Å². The molecule has 0 aliphatic carbocycles. The molecule has 1 aliphatic heterocycles. The zero-order valence-corrected chi connectivity index (χ0v) is 19.6. The van der Waals surface area contributed by atoms with Crippen LogP contribution in [0.25, 0.3) is 10.9 Å². The summed E-state index contributed by atoms with van der Waals surface area (Å²) in [6.45, 7) is 3.83. The molecular weight excluding hydrogens is 480 g/mol. The van der Waals surface area contributed by atoms with Gasteiger partial charge in [-0.2, -0.15) is 28.2 Å². The predicted octanol–water partition coefficient (Wildman–Crippen LogP) is 4.66. The molecule has 3 N–H and O–H groups in total. The second-order valence-electron chi connectivity index (χ2n) is 8.73. The van der Waals surface area contributed by atoms with Gasteiger partial charge in [-0.25, -0.2) is 4.39 Å². The van der Waals surface area contributed by atoms with Crippen LogP contribution in [-0.2, 0) is 0 Å². The van der Waals surface area contributed by atoms with Gasteiger partial charge in [-0.3, -0.25) is 10.00 Å². The number of halogens is 4. The third kappa shape index (κ3) is 5.35. The Morgan fingerprint density at radius 1 is 1.00 bits per heavy atom. The second-order valence-corrected chi connectivity index (χ2v) is 8.73. The molecular formula is C23H24F4N8O. The summed E-state index contributed by atoms with van der Waals surface area (Å²) in [4.78, 5) is 15.1. The van der Waals surface area contributed by atoms with E-state index in [1.54, 1.807) is 24.3 Å². The lowest BCUT2D eigenvalue weighted by Gasteiger charge is -2.35. The summed E-state index contributed by atoms with van der Waals surface area (Å²) in [5.74, 6) is 0.700. The number of rotatable bonds is 6. The molecule has 1 fully saturated rings. The minimum Gasteiger partial charge on any atom is -0.421 e. The molecule has 0 bridgehead atoms. The first kappa shape index (κ1) is 23.9. The number of anilines is 3. The summed E-state index contributed by atoms with van der Waals surface area (Å²) >= 11 is 0. The smallest absolute Gasteiger partial charge is 0.401 e. The topological polar surface area (TPSA) is 98.0 Å². The monoisotopic (exact) mass is 504 g/mol. The van der Waals surface area contributed by atoms with Gasteiger partial charge in [0, 0.05) is 60.6 Å². The molecule has 1 saturated heterocycles. The number of nitrogens with one attached hydrogen (secondary N) is 3. The minimum atomic E-state index is -4.25. The lowest BCUT2D eigenvalue weighted by molar-refractivity contribution is -0.146. The first-order valence-corrected chi connectivity index (χ1v) is 11.3. The Morgan fingerprint density at radius 3 is 2.47 bits per heavy atom. The number of nitrogens with zero attached hydrogens (tertiary/aromatic N) is 5. The van der Waals surface area contributed by atoms with Gasteiger partial charge in [0.05, 0.1) is 6.54 Å². The van der Waals surface area contributed by atoms with E-state index in [4.69, 9.17) is 4.74 Å². The maximum absolute atomic E-state index is 15.1. The van der Waals surface area contributed by atoms with Crippen LogP contribution in [0.15, 0.2) is 30.3 Å². The Kier molecular flexibility index (Phi) is 6.16. The van der Waals surface area contributed by atoms with E-state index in [1.165, 1.54) is 11.0 Å². The average Bonchev–Trinajstić information content (AvgIpc) is 3.40. The van der Waals surface area contributed by atoms with Gasteiger partial charge in [0.15, 0.2) is 17.4 Å². The summed E-state index contributed by atoms with van der Waals surface area (Å²) in [6.07, 6.45) is -4.25. The van der Waals surface area contributed by atoms with Crippen molar-refractivity contribution < 1.29 is 22.3 Å². The van der Waals surface area contributed by atoms with Crippen molar-refractivity contribution in [2.24, 2.45) is 0 Å². The molecule has 0 amide bonds. The van der Waals surface area contributed by atoms with Crippen molar-refractivity contribution in [2.75, 3.05) is 42.9 Å². The van der Waals surface area contributed by atoms with E-state index >= 15 is 4.39 Å². The van der Waals surface area contributed by atoms with Crippen LogP contribution in [0.1, 0.15) is 11.4 Å². The van der Waals surface area contributed by atoms with Crippen LogP contribution in [0.5, 0.6) is 11.8 Å². The standard InChI is InChI=1S/C23H24F4N8O/c1-13-9-15-16(28-13)3-4-17(21(15)24)36-22-30-18(29-19-10-14(2)32-33-19)11-20(31-22)35-7-5-34(6-8-35)12-23(25,26)27/h3-4,9-11,28H,5-8,12H2,1-2H3,(H2,29,30,31,32,33). The number of ether oxygens (including phenoxy) is 1. The number of aryl methyl sites for hydroxylation is 2. The van der Waals surface area contributed by atoms with Gasteiger partial charge >= 0.3 is 12.2 Å². The Labute approximate surface area is 203 Å². The Hall–Kier alpha value is -3.87. The molecule has 0 radical (unpaired) electrons. The van der Waals surface area contributed by atoms with Crippen LogP contribution < -0.4 is 15.0 Å². The average molecular weight is 504 g/mol. The molecule has 4 heterocycles. The largest absolute Gasteiger partial charge is 0.421 e. The fourth-order valence-corrected chi connectivity index (χ4v) is 4.15. The van der Waals surface area contributed by atoms with Gasteiger partial charge in [0.2, 0.25) is 0 Å². The normalized spacial score (nSPS) is 15.0. The first-order valence-electron chi connectivity index (χ1n) is 11.3. The highest BCUT2D eigenvalue weighted by atomic mass is 19.4. The van der Waals surface area contributed by atoms with E-state index in [1.807, 2.05) is 18.7 Å². The number of piperazine rings is 1. The maximum atomic E-state index is 15.1. The van der Waals surface area contributed by atoms with E-state index < -0.39 is 18.5 Å². The summed E-state index contributed by atoms with van der Waals surface area (Å²) in [6, 6.07) is 8.21. The van der Waals surface area contributed by atoms with Crippen molar-refractivity contribution >= 4 is 28.4 Å². The molecule has 5 rings (SSSR count). The Bertz CT molecular complexity index is 1370. The van der Waals surface area contributed by atoms with Crippen LogP contribution in [0.4, 0.5) is 35.0 Å². The van der Waals surface area contributed by atoms with Gasteiger partial charge in [-0.1, -0.05) is 0 Å². The molecule has 9 nitrogen and oxygen atoms in total. The quantitative estimate of drug-likeness (QED) is 0.329. The van der Waals surface area contributed by atoms with Crippen LogP contribution in [0.3, 0.4) is 0 Å². The Balaban J connectivity index is 1.42. The van der Waals surface area contributed by atoms with Gasteiger partial charge in [-0.15, -0.1) is 0 Å². The van der Waals surface area contributed by atoms with Crippen LogP contribution in [-0.4, -0.2) is 68.9 Å². The molecule has 1 aliphatic rings. The van der Waals surface area contributed by atoms with Gasteiger partial charge < -0.3 is 19.9 Å². The van der Waals surface area contributed by atoms with Crippen LogP contribution in [0, 0.1) is 19.7 Å². The molecule has 0 atom stereocenters. The Morgan fingerprint density at radius 2 is 1.78 bits per heavy atom. The number of hydrogen-bond acceptors (Lipinski definition) is 7. The van der Waals surface area contributed by atoms with Crippen LogP contribution >= 0.6 is 0 Å². The van der Waals surface area contributed by atoms with Crippen molar-refractivity contribution in [3.63, 3.8) is 0 Å². The minimum absolute atomic E-state index is 0.0461. The summed E-state index contributed by atoms with van der Waals surface area (Å²) < 4.78 is 59.2. The molecule has 36 heavy (non-hydrogen) atoms. The third-order valence-corrected chi connectivity index (χ3v) is 5.79. The number of benzene rings is 1. The van der Waals surface area contributed by atoms with Gasteiger partial charge in [0.25, 0.3) is 0 Å². The van der Waals surface area contributed by atoms with E-state index in [0.717, 1.165) is 11.4 Å². The van der Waals surface area contributed by atoms with Gasteiger partial charge in [-0.05, 0) is 32.0 Å². The fraction of sp³-hybridized carbons (Fsp3) is 0.348. The van der Waals surface area contributed by atoms with E-state index in [2.05, 4.69) is 30.5 Å². The fourth-order valence-electron chi connectivity index (χ4n) is 4.15. The third-order valence-electron chi connectivity index (χ3n) is 5.79. The van der Waals surface area contributed by atoms with Crippen molar-refractivity contribution in [1.82, 2.24) is 30.0 Å². The molecule has 0 saturated carbocycles. The molecule has 0 unspecified atom stereocenters. The lowest BCUT2D eigenvalue weighted by Crippen LogP contribution is -2.49. The molecule has 0 spiro atoms. The highest BCUT2D eigenvalue weighted by Crippen LogP contribution is 2.31. The van der Waals surface area contributed by atoms with Crippen molar-refractivity contribution in [2.45, 2.75) is 20.0 Å². The summed E-state index contributed by atoms with van der Waals surface area (Å²) in [5, 5.41) is 10.4. The summed E-state index contributed by atoms with van der Waals surface area (Å²) in [7, 11) is 0. The molecule has 3 aromatic heterocycles. The van der Waals surface area contributed by atoms with E-state index in [-0.39, 0.29) is 24.8 Å². The number of H-pyrrole nitrogens is 2. The molecule has 13 heteroatoms. The number of fused-ring (bicyclic) bond motifs is 1. The lowest BCUT2D eigenvalue weighted by atomic mass is 10.2.